The van der Waals surface area contributed by atoms with E-state index in [1.165, 1.54) is 6.21 Å². The van der Waals surface area contributed by atoms with E-state index in [4.69, 9.17) is 23.2 Å². The van der Waals surface area contributed by atoms with Gasteiger partial charge in [-0.15, -0.1) is 0 Å². The second kappa shape index (κ2) is 8.33. The molecule has 0 aromatic heterocycles. The summed E-state index contributed by atoms with van der Waals surface area (Å²) < 4.78 is 24.8. The summed E-state index contributed by atoms with van der Waals surface area (Å²) in [5, 5.41) is 4.65. The molecule has 0 atom stereocenters. The Morgan fingerprint density at radius 3 is 2.48 bits per heavy atom. The van der Waals surface area contributed by atoms with Gasteiger partial charge in [0.25, 0.3) is 5.91 Å². The van der Waals surface area contributed by atoms with Gasteiger partial charge in [-0.25, -0.2) is 13.8 Å². The maximum atomic E-state index is 12.0. The second-order valence-electron chi connectivity index (χ2n) is 5.06. The Labute approximate surface area is 156 Å². The zero-order chi connectivity index (χ0) is 18.4. The van der Waals surface area contributed by atoms with Crippen molar-refractivity contribution < 1.29 is 13.2 Å². The summed E-state index contributed by atoms with van der Waals surface area (Å²) in [4.78, 5) is 12.0. The van der Waals surface area contributed by atoms with Crippen LogP contribution < -0.4 is 9.73 Å². The number of anilines is 1. The van der Waals surface area contributed by atoms with Gasteiger partial charge in [0.1, 0.15) is 6.54 Å². The Bertz CT molecular complexity index is 887. The van der Waals surface area contributed by atoms with Crippen LogP contribution >= 0.6 is 23.2 Å². The number of hydrogen-bond donors (Lipinski definition) is 1. The van der Waals surface area contributed by atoms with Gasteiger partial charge in [-0.3, -0.25) is 9.10 Å². The predicted octanol–water partition coefficient (Wildman–Crippen LogP) is 2.91. The number of carbonyl (C=O) groups excluding carboxylic acids is 1. The Morgan fingerprint density at radius 1 is 1.20 bits per heavy atom. The molecule has 2 rings (SSSR count). The maximum Gasteiger partial charge on any atom is 0.260 e. The molecule has 0 fully saturated rings. The van der Waals surface area contributed by atoms with Gasteiger partial charge >= 0.3 is 0 Å². The Kier molecular flexibility index (Phi) is 6.41. The molecule has 132 valence electrons. The van der Waals surface area contributed by atoms with Gasteiger partial charge in [-0.2, -0.15) is 5.10 Å². The summed E-state index contributed by atoms with van der Waals surface area (Å²) in [5.74, 6) is -0.587. The minimum Gasteiger partial charge on any atom is -0.271 e. The van der Waals surface area contributed by atoms with Crippen molar-refractivity contribution in [1.29, 1.82) is 0 Å². The molecule has 6 nitrogen and oxygen atoms in total. The first-order valence-electron chi connectivity index (χ1n) is 7.07. The lowest BCUT2D eigenvalue weighted by atomic mass is 10.2. The molecule has 0 radical (unpaired) electrons. The molecule has 0 saturated heterocycles. The number of rotatable bonds is 6. The lowest BCUT2D eigenvalue weighted by Gasteiger charge is -2.21. The minimum atomic E-state index is -3.62. The summed E-state index contributed by atoms with van der Waals surface area (Å²) in [5.41, 5.74) is 3.24. The van der Waals surface area contributed by atoms with Gasteiger partial charge in [0, 0.05) is 10.6 Å². The lowest BCUT2D eigenvalue weighted by Crippen LogP contribution is -2.38. The zero-order valence-electron chi connectivity index (χ0n) is 13.2. The van der Waals surface area contributed by atoms with Crippen LogP contribution in [0.3, 0.4) is 0 Å². The fraction of sp³-hybridized carbons (Fsp3) is 0.125. The molecular weight excluding hydrogens is 385 g/mol. The van der Waals surface area contributed by atoms with Crippen LogP contribution in [0.15, 0.2) is 53.6 Å². The molecule has 1 amide bonds. The van der Waals surface area contributed by atoms with Gasteiger partial charge in [0.2, 0.25) is 10.0 Å². The molecule has 0 bridgehead atoms. The number of hydrogen-bond acceptors (Lipinski definition) is 4. The normalized spacial score (nSPS) is 11.5. The summed E-state index contributed by atoms with van der Waals surface area (Å²) >= 11 is 11.8. The SMILES string of the molecule is CS(=O)(=O)N(CC(=O)N/N=C\c1ccc(Cl)cc1Cl)c1ccccc1. The predicted molar refractivity (Wildman–Crippen MR) is 101 cm³/mol. The number of sulfonamides is 1. The van der Waals surface area contributed by atoms with Crippen LogP contribution in [0.5, 0.6) is 0 Å². The first kappa shape index (κ1) is 19.2. The monoisotopic (exact) mass is 399 g/mol. The molecule has 25 heavy (non-hydrogen) atoms. The van der Waals surface area contributed by atoms with Crippen LogP contribution in [0.1, 0.15) is 5.56 Å². The van der Waals surface area contributed by atoms with Gasteiger partial charge in [-0.05, 0) is 24.3 Å². The third-order valence-corrected chi connectivity index (χ3v) is 4.79. The van der Waals surface area contributed by atoms with E-state index in [0.717, 1.165) is 10.6 Å². The van der Waals surface area contributed by atoms with E-state index in [1.54, 1.807) is 48.5 Å². The number of nitrogens with one attached hydrogen (secondary N) is 1. The molecule has 2 aromatic carbocycles. The van der Waals surface area contributed by atoms with E-state index < -0.39 is 22.5 Å². The topological polar surface area (TPSA) is 78.8 Å². The molecule has 2 aromatic rings. The summed E-state index contributed by atoms with van der Waals surface area (Å²) in [6, 6.07) is 13.2. The van der Waals surface area contributed by atoms with Crippen molar-refractivity contribution in [2.75, 3.05) is 17.1 Å². The lowest BCUT2D eigenvalue weighted by molar-refractivity contribution is -0.119. The first-order valence-corrected chi connectivity index (χ1v) is 9.67. The zero-order valence-corrected chi connectivity index (χ0v) is 15.5. The molecule has 0 spiro atoms. The van der Waals surface area contributed by atoms with Crippen LogP contribution in [0.25, 0.3) is 0 Å². The van der Waals surface area contributed by atoms with E-state index in [2.05, 4.69) is 10.5 Å². The van der Waals surface area contributed by atoms with E-state index in [-0.39, 0.29) is 0 Å². The van der Waals surface area contributed by atoms with Crippen LogP contribution in [0.2, 0.25) is 10.0 Å². The van der Waals surface area contributed by atoms with Crippen LogP contribution in [-0.4, -0.2) is 33.3 Å². The van der Waals surface area contributed by atoms with E-state index in [9.17, 15) is 13.2 Å². The number of nitrogens with zero attached hydrogens (tertiary/aromatic N) is 2. The van der Waals surface area contributed by atoms with Crippen LogP contribution in [0, 0.1) is 0 Å². The standard InChI is InChI=1S/C16H15Cl2N3O3S/c1-25(23,24)21(14-5-3-2-4-6-14)11-16(22)20-19-10-12-7-8-13(17)9-15(12)18/h2-10H,11H2,1H3,(H,20,22)/b19-10-. The highest BCUT2D eigenvalue weighted by atomic mass is 35.5. The van der Waals surface area contributed by atoms with Crippen molar-refractivity contribution in [2.45, 2.75) is 0 Å². The van der Waals surface area contributed by atoms with Gasteiger partial charge in [0.15, 0.2) is 0 Å². The molecule has 0 aliphatic rings. The summed E-state index contributed by atoms with van der Waals surface area (Å²) in [7, 11) is -3.62. The molecule has 9 heteroatoms. The van der Waals surface area contributed by atoms with Crippen molar-refractivity contribution in [3.8, 4) is 0 Å². The Balaban J connectivity index is 2.06. The molecule has 0 unspecified atom stereocenters. The number of hydrazone groups is 1. The van der Waals surface area contributed by atoms with Crippen molar-refractivity contribution >= 4 is 51.0 Å². The van der Waals surface area contributed by atoms with Crippen molar-refractivity contribution in [3.63, 3.8) is 0 Å². The van der Waals surface area contributed by atoms with Crippen molar-refractivity contribution in [3.05, 3.63) is 64.1 Å². The number of para-hydroxylation sites is 1. The number of carbonyl (C=O) groups is 1. The molecule has 0 heterocycles. The molecular formula is C16H15Cl2N3O3S. The third kappa shape index (κ3) is 5.74. The fourth-order valence-electron chi connectivity index (χ4n) is 1.94. The number of benzene rings is 2. The second-order valence-corrected chi connectivity index (χ2v) is 7.81. The molecule has 0 aliphatic heterocycles. The Hall–Kier alpha value is -2.09. The first-order chi connectivity index (χ1) is 11.8. The highest BCUT2D eigenvalue weighted by Crippen LogP contribution is 2.19. The van der Waals surface area contributed by atoms with Crippen molar-refractivity contribution in [2.24, 2.45) is 5.10 Å². The highest BCUT2D eigenvalue weighted by molar-refractivity contribution is 7.92. The number of halogens is 2. The van der Waals surface area contributed by atoms with Crippen LogP contribution in [0.4, 0.5) is 5.69 Å². The van der Waals surface area contributed by atoms with E-state index >= 15 is 0 Å². The Morgan fingerprint density at radius 2 is 1.88 bits per heavy atom. The third-order valence-electron chi connectivity index (χ3n) is 3.09. The summed E-state index contributed by atoms with van der Waals surface area (Å²) in [6.45, 7) is -0.394. The van der Waals surface area contributed by atoms with E-state index in [1.807, 2.05) is 0 Å². The fourth-order valence-corrected chi connectivity index (χ4v) is 3.25. The largest absolute Gasteiger partial charge is 0.271 e. The maximum absolute atomic E-state index is 12.0. The quantitative estimate of drug-likeness (QED) is 0.598. The van der Waals surface area contributed by atoms with Gasteiger partial charge in [0.05, 0.1) is 23.2 Å². The average Bonchev–Trinajstić information content (AvgIpc) is 2.54. The van der Waals surface area contributed by atoms with Gasteiger partial charge in [-0.1, -0.05) is 47.5 Å². The highest BCUT2D eigenvalue weighted by Gasteiger charge is 2.20. The van der Waals surface area contributed by atoms with E-state index in [0.29, 0.717) is 21.3 Å². The molecule has 1 N–H and O–H groups in total. The molecule has 0 saturated carbocycles. The molecule has 0 aliphatic carbocycles. The van der Waals surface area contributed by atoms with Crippen molar-refractivity contribution in [1.82, 2.24) is 5.43 Å². The smallest absolute Gasteiger partial charge is 0.260 e. The number of amides is 1. The average molecular weight is 400 g/mol. The van der Waals surface area contributed by atoms with Crippen LogP contribution in [-0.2, 0) is 14.8 Å². The summed E-state index contributed by atoms with van der Waals surface area (Å²) in [6.07, 6.45) is 2.38. The minimum absolute atomic E-state index is 0.382. The van der Waals surface area contributed by atoms with Gasteiger partial charge < -0.3 is 0 Å².